The fraction of sp³-hybridized carbons (Fsp3) is 1.00. The SMILES string of the molecule is COC1CC(NC2C3CCCC2CN(C(C)C)C3)C1. The van der Waals surface area contributed by atoms with Gasteiger partial charge in [-0.1, -0.05) is 6.42 Å². The minimum Gasteiger partial charge on any atom is -0.381 e. The molecule has 0 aromatic rings. The van der Waals surface area contributed by atoms with Gasteiger partial charge in [-0.05, 0) is 51.4 Å². The number of fused-ring (bicyclic) bond motifs is 2. The average Bonchev–Trinajstić information content (AvgIpc) is 2.31. The van der Waals surface area contributed by atoms with Crippen LogP contribution in [-0.2, 0) is 4.74 Å². The highest BCUT2D eigenvalue weighted by molar-refractivity contribution is 4.99. The van der Waals surface area contributed by atoms with Gasteiger partial charge >= 0.3 is 0 Å². The lowest BCUT2D eigenvalue weighted by Gasteiger charge is -2.51. The van der Waals surface area contributed by atoms with Crippen molar-refractivity contribution in [1.82, 2.24) is 10.2 Å². The third-order valence-corrected chi connectivity index (χ3v) is 5.69. The number of hydrogen-bond donors (Lipinski definition) is 1. The van der Waals surface area contributed by atoms with Crippen LogP contribution in [0, 0.1) is 11.8 Å². The largest absolute Gasteiger partial charge is 0.381 e. The van der Waals surface area contributed by atoms with Gasteiger partial charge in [0.05, 0.1) is 6.10 Å². The number of rotatable bonds is 4. The molecule has 1 aliphatic heterocycles. The van der Waals surface area contributed by atoms with Crippen molar-refractivity contribution in [2.75, 3.05) is 20.2 Å². The lowest BCUT2D eigenvalue weighted by molar-refractivity contribution is -0.0156. The lowest BCUT2D eigenvalue weighted by Crippen LogP contribution is -2.62. The molecule has 0 aromatic carbocycles. The van der Waals surface area contributed by atoms with Crippen LogP contribution in [0.15, 0.2) is 0 Å². The van der Waals surface area contributed by atoms with E-state index in [4.69, 9.17) is 4.74 Å². The summed E-state index contributed by atoms with van der Waals surface area (Å²) in [6, 6.07) is 2.22. The molecule has 0 radical (unpaired) electrons. The van der Waals surface area contributed by atoms with Crippen LogP contribution in [-0.4, -0.2) is 49.3 Å². The molecule has 3 aliphatic rings. The Balaban J connectivity index is 1.57. The average molecular weight is 266 g/mol. The summed E-state index contributed by atoms with van der Waals surface area (Å²) in [5, 5.41) is 3.97. The molecule has 3 rings (SSSR count). The highest BCUT2D eigenvalue weighted by Crippen LogP contribution is 2.37. The van der Waals surface area contributed by atoms with E-state index < -0.39 is 0 Å². The van der Waals surface area contributed by atoms with Crippen molar-refractivity contribution in [3.8, 4) is 0 Å². The molecule has 3 nitrogen and oxygen atoms in total. The summed E-state index contributed by atoms with van der Waals surface area (Å²) in [4.78, 5) is 2.70. The number of piperidine rings is 1. The fourth-order valence-corrected chi connectivity index (χ4v) is 4.33. The van der Waals surface area contributed by atoms with Crippen LogP contribution < -0.4 is 5.32 Å². The molecule has 1 heterocycles. The molecule has 1 saturated heterocycles. The minimum absolute atomic E-state index is 0.521. The van der Waals surface area contributed by atoms with Crippen molar-refractivity contribution in [2.24, 2.45) is 11.8 Å². The second kappa shape index (κ2) is 5.71. The number of nitrogens with one attached hydrogen (secondary N) is 1. The molecule has 3 heteroatoms. The summed E-state index contributed by atoms with van der Waals surface area (Å²) < 4.78 is 5.40. The van der Waals surface area contributed by atoms with E-state index in [0.717, 1.165) is 23.9 Å². The zero-order chi connectivity index (χ0) is 13.4. The highest BCUT2D eigenvalue weighted by Gasteiger charge is 2.42. The van der Waals surface area contributed by atoms with E-state index >= 15 is 0 Å². The highest BCUT2D eigenvalue weighted by atomic mass is 16.5. The fourth-order valence-electron chi connectivity index (χ4n) is 4.33. The van der Waals surface area contributed by atoms with E-state index in [1.807, 2.05) is 7.11 Å². The van der Waals surface area contributed by atoms with Crippen LogP contribution in [0.25, 0.3) is 0 Å². The molecular formula is C16H30N2O. The molecule has 1 N–H and O–H groups in total. The van der Waals surface area contributed by atoms with E-state index in [0.29, 0.717) is 12.1 Å². The van der Waals surface area contributed by atoms with Crippen LogP contribution in [0.4, 0.5) is 0 Å². The second-order valence-corrected chi connectivity index (χ2v) is 7.22. The zero-order valence-corrected chi connectivity index (χ0v) is 12.8. The third kappa shape index (κ3) is 2.84. The van der Waals surface area contributed by atoms with Crippen molar-refractivity contribution >= 4 is 0 Å². The number of nitrogens with zero attached hydrogens (tertiary/aromatic N) is 1. The Morgan fingerprint density at radius 2 is 1.74 bits per heavy atom. The van der Waals surface area contributed by atoms with Gasteiger partial charge in [-0.2, -0.15) is 0 Å². The van der Waals surface area contributed by atoms with E-state index in [1.165, 1.54) is 45.2 Å². The van der Waals surface area contributed by atoms with Gasteiger partial charge in [0.2, 0.25) is 0 Å². The first-order valence-electron chi connectivity index (χ1n) is 8.20. The molecule has 3 fully saturated rings. The Morgan fingerprint density at radius 1 is 1.11 bits per heavy atom. The van der Waals surface area contributed by atoms with Gasteiger partial charge in [-0.25, -0.2) is 0 Å². The molecular weight excluding hydrogens is 236 g/mol. The van der Waals surface area contributed by atoms with Crippen LogP contribution in [0.1, 0.15) is 46.0 Å². The summed E-state index contributed by atoms with van der Waals surface area (Å²) >= 11 is 0. The topological polar surface area (TPSA) is 24.5 Å². The van der Waals surface area contributed by atoms with Crippen molar-refractivity contribution < 1.29 is 4.74 Å². The normalized spacial score (nSPS) is 43.3. The van der Waals surface area contributed by atoms with E-state index in [2.05, 4.69) is 24.1 Å². The molecule has 0 spiro atoms. The molecule has 0 amide bonds. The van der Waals surface area contributed by atoms with Gasteiger partial charge < -0.3 is 15.0 Å². The Bertz CT molecular complexity index is 287. The van der Waals surface area contributed by atoms with Crippen molar-refractivity contribution in [3.63, 3.8) is 0 Å². The standard InChI is InChI=1S/C16H30N2O/c1-11(2)18-9-12-5-4-6-13(10-18)16(12)17-14-7-15(8-14)19-3/h11-17H,4-10H2,1-3H3. The predicted octanol–water partition coefficient (Wildman–Crippen LogP) is 2.26. The maximum atomic E-state index is 5.40. The maximum absolute atomic E-state index is 5.40. The monoisotopic (exact) mass is 266 g/mol. The number of likely N-dealkylation sites (tertiary alicyclic amines) is 1. The Kier molecular flexibility index (Phi) is 4.16. The Labute approximate surface area is 118 Å². The third-order valence-electron chi connectivity index (χ3n) is 5.69. The Morgan fingerprint density at radius 3 is 2.26 bits per heavy atom. The van der Waals surface area contributed by atoms with Crippen molar-refractivity contribution in [1.29, 1.82) is 0 Å². The van der Waals surface area contributed by atoms with Crippen LogP contribution in [0.2, 0.25) is 0 Å². The molecule has 2 bridgehead atoms. The number of hydrogen-bond acceptors (Lipinski definition) is 3. The summed E-state index contributed by atoms with van der Waals surface area (Å²) in [6.45, 7) is 7.32. The van der Waals surface area contributed by atoms with E-state index in [1.54, 1.807) is 0 Å². The Hall–Kier alpha value is -0.120. The van der Waals surface area contributed by atoms with E-state index in [9.17, 15) is 0 Å². The zero-order valence-electron chi connectivity index (χ0n) is 12.8. The van der Waals surface area contributed by atoms with Gasteiger partial charge in [0.25, 0.3) is 0 Å². The molecule has 19 heavy (non-hydrogen) atoms. The molecule has 110 valence electrons. The van der Waals surface area contributed by atoms with Crippen LogP contribution >= 0.6 is 0 Å². The quantitative estimate of drug-likeness (QED) is 0.845. The first-order valence-corrected chi connectivity index (χ1v) is 8.20. The first-order chi connectivity index (χ1) is 9.17. The summed E-state index contributed by atoms with van der Waals surface area (Å²) in [5.41, 5.74) is 0. The van der Waals surface area contributed by atoms with Crippen molar-refractivity contribution in [3.05, 3.63) is 0 Å². The second-order valence-electron chi connectivity index (χ2n) is 7.22. The minimum atomic E-state index is 0.521. The van der Waals surface area contributed by atoms with Crippen LogP contribution in [0.5, 0.6) is 0 Å². The molecule has 2 atom stereocenters. The predicted molar refractivity (Wildman–Crippen MR) is 78.3 cm³/mol. The van der Waals surface area contributed by atoms with Crippen molar-refractivity contribution in [2.45, 2.75) is 70.2 Å². The van der Waals surface area contributed by atoms with Gasteiger partial charge in [-0.15, -0.1) is 0 Å². The molecule has 2 saturated carbocycles. The molecule has 0 aromatic heterocycles. The first kappa shape index (κ1) is 13.8. The van der Waals surface area contributed by atoms with E-state index in [-0.39, 0.29) is 0 Å². The van der Waals surface area contributed by atoms with Gasteiger partial charge in [0.1, 0.15) is 0 Å². The van der Waals surface area contributed by atoms with Gasteiger partial charge in [0.15, 0.2) is 0 Å². The summed E-state index contributed by atoms with van der Waals surface area (Å²) in [5.74, 6) is 1.77. The summed E-state index contributed by atoms with van der Waals surface area (Å²) in [6.07, 6.45) is 7.27. The lowest BCUT2D eigenvalue weighted by atomic mass is 9.72. The smallest absolute Gasteiger partial charge is 0.0601 e. The van der Waals surface area contributed by atoms with Gasteiger partial charge in [0, 0.05) is 38.3 Å². The van der Waals surface area contributed by atoms with Gasteiger partial charge in [-0.3, -0.25) is 0 Å². The maximum Gasteiger partial charge on any atom is 0.0601 e. The van der Waals surface area contributed by atoms with Crippen LogP contribution in [0.3, 0.4) is 0 Å². The number of ether oxygens (including phenoxy) is 1. The number of methoxy groups -OCH3 is 1. The molecule has 2 aliphatic carbocycles. The molecule has 2 unspecified atom stereocenters. The summed E-state index contributed by atoms with van der Waals surface area (Å²) in [7, 11) is 1.84.